The van der Waals surface area contributed by atoms with Crippen LogP contribution in [-0.4, -0.2) is 20.4 Å². The Hall–Kier alpha value is 0.930. The van der Waals surface area contributed by atoms with Gasteiger partial charge in [0.15, 0.2) is 0 Å². The fourth-order valence-electron chi connectivity index (χ4n) is 2.95. The van der Waals surface area contributed by atoms with E-state index in [4.69, 9.17) is 4.74 Å². The third kappa shape index (κ3) is 3.28. The summed E-state index contributed by atoms with van der Waals surface area (Å²) < 4.78 is 7.12. The number of hydrogen-bond acceptors (Lipinski definition) is 2. The molecular formula is C13H22I2O2. The molecule has 0 radical (unpaired) electrons. The van der Waals surface area contributed by atoms with Gasteiger partial charge in [0.2, 0.25) is 0 Å². The molecule has 4 unspecified atom stereocenters. The van der Waals surface area contributed by atoms with Crippen LogP contribution in [0.25, 0.3) is 0 Å². The average Bonchev–Trinajstić information content (AvgIpc) is 2.21. The van der Waals surface area contributed by atoms with E-state index in [0.717, 1.165) is 10.8 Å². The van der Waals surface area contributed by atoms with Crippen LogP contribution in [0.2, 0.25) is 0 Å². The third-order valence-electron chi connectivity index (χ3n) is 4.09. The highest BCUT2D eigenvalue weighted by Crippen LogP contribution is 2.53. The van der Waals surface area contributed by atoms with Gasteiger partial charge in [0, 0.05) is 16.8 Å². The van der Waals surface area contributed by atoms with Gasteiger partial charge in [-0.25, -0.2) is 0 Å². The zero-order valence-electron chi connectivity index (χ0n) is 11.2. The highest BCUT2D eigenvalue weighted by atomic mass is 127. The van der Waals surface area contributed by atoms with Gasteiger partial charge in [-0.3, -0.25) is 4.79 Å². The van der Waals surface area contributed by atoms with Gasteiger partial charge in [-0.15, -0.1) is 0 Å². The van der Waals surface area contributed by atoms with Crippen molar-refractivity contribution in [1.82, 2.24) is 0 Å². The maximum absolute atomic E-state index is 11.3. The summed E-state index contributed by atoms with van der Waals surface area (Å²) in [5.41, 5.74) is 0.399. The van der Waals surface area contributed by atoms with Crippen LogP contribution in [-0.2, 0) is 9.53 Å². The Kier molecular flexibility index (Phi) is 5.18. The van der Waals surface area contributed by atoms with E-state index in [1.807, 2.05) is 0 Å². The number of esters is 1. The van der Waals surface area contributed by atoms with Gasteiger partial charge in [-0.1, -0.05) is 72.9 Å². The van der Waals surface area contributed by atoms with Crippen LogP contribution in [0, 0.1) is 16.7 Å². The molecule has 17 heavy (non-hydrogen) atoms. The Morgan fingerprint density at radius 1 is 1.41 bits per heavy atom. The number of ether oxygens (including phenoxy) is 1. The second kappa shape index (κ2) is 5.51. The molecule has 1 fully saturated rings. The van der Waals surface area contributed by atoms with Crippen molar-refractivity contribution in [2.24, 2.45) is 16.7 Å². The van der Waals surface area contributed by atoms with E-state index in [9.17, 15) is 4.79 Å². The lowest BCUT2D eigenvalue weighted by Gasteiger charge is -2.53. The van der Waals surface area contributed by atoms with Crippen molar-refractivity contribution in [2.75, 3.05) is 4.43 Å². The summed E-state index contributed by atoms with van der Waals surface area (Å²) in [7, 11) is 0. The van der Waals surface area contributed by atoms with Gasteiger partial charge in [-0.2, -0.15) is 0 Å². The number of halogens is 2. The van der Waals surface area contributed by atoms with E-state index in [-0.39, 0.29) is 17.5 Å². The van der Waals surface area contributed by atoms with Crippen LogP contribution in [0.4, 0.5) is 0 Å². The number of alkyl halides is 2. The highest BCUT2D eigenvalue weighted by Gasteiger charge is 2.52. The molecule has 1 saturated carbocycles. The van der Waals surface area contributed by atoms with Gasteiger partial charge in [-0.05, 0) is 17.8 Å². The highest BCUT2D eigenvalue weighted by molar-refractivity contribution is 14.1. The number of rotatable bonds is 2. The monoisotopic (exact) mass is 464 g/mol. The predicted molar refractivity (Wildman–Crippen MR) is 87.9 cm³/mol. The smallest absolute Gasteiger partial charge is 0.302 e. The molecule has 1 aliphatic carbocycles. The standard InChI is InChI=1S/C13H22I2O2/c1-8-10(15)11(17-9(2)16)12(3,4)6-13(8,5)7-14/h8,10-11H,6-7H2,1-5H3. The summed E-state index contributed by atoms with van der Waals surface area (Å²) >= 11 is 4.96. The van der Waals surface area contributed by atoms with Gasteiger partial charge in [0.05, 0.1) is 3.92 Å². The molecule has 2 nitrogen and oxygen atoms in total. The fourth-order valence-corrected chi connectivity index (χ4v) is 5.90. The van der Waals surface area contributed by atoms with Gasteiger partial charge < -0.3 is 4.74 Å². The summed E-state index contributed by atoms with van der Waals surface area (Å²) in [5.74, 6) is 0.410. The minimum Gasteiger partial charge on any atom is -0.461 e. The third-order valence-corrected chi connectivity index (χ3v) is 7.57. The Labute approximate surface area is 132 Å². The minimum absolute atomic E-state index is 0.0339. The number of carbonyl (C=O) groups is 1. The quantitative estimate of drug-likeness (QED) is 0.348. The Balaban J connectivity index is 3.00. The van der Waals surface area contributed by atoms with Crippen LogP contribution in [0.5, 0.6) is 0 Å². The molecule has 0 heterocycles. The molecular weight excluding hydrogens is 442 g/mol. The summed E-state index contributed by atoms with van der Waals surface area (Å²) in [6.45, 7) is 10.6. The summed E-state index contributed by atoms with van der Waals surface area (Å²) in [6, 6.07) is 0. The van der Waals surface area contributed by atoms with Crippen LogP contribution in [0.15, 0.2) is 0 Å². The molecule has 1 rings (SSSR count). The zero-order chi connectivity index (χ0) is 13.4. The topological polar surface area (TPSA) is 26.3 Å². The van der Waals surface area contributed by atoms with E-state index < -0.39 is 0 Å². The van der Waals surface area contributed by atoms with Crippen LogP contribution in [0.1, 0.15) is 41.0 Å². The first-order chi connectivity index (χ1) is 7.64. The normalized spacial score (nSPS) is 41.0. The fraction of sp³-hybridized carbons (Fsp3) is 0.923. The number of carbonyl (C=O) groups excluding carboxylic acids is 1. The van der Waals surface area contributed by atoms with E-state index in [1.54, 1.807) is 0 Å². The Morgan fingerprint density at radius 3 is 2.35 bits per heavy atom. The molecule has 100 valence electrons. The lowest BCUT2D eigenvalue weighted by Crippen LogP contribution is -2.54. The van der Waals surface area contributed by atoms with Crippen LogP contribution < -0.4 is 0 Å². The van der Waals surface area contributed by atoms with Crippen molar-refractivity contribution in [3.8, 4) is 0 Å². The van der Waals surface area contributed by atoms with Crippen LogP contribution >= 0.6 is 45.2 Å². The first-order valence-corrected chi connectivity index (χ1v) is 8.78. The van der Waals surface area contributed by atoms with E-state index in [0.29, 0.717) is 15.3 Å². The average molecular weight is 464 g/mol. The summed E-state index contributed by atoms with van der Waals surface area (Å²) in [6.07, 6.45) is 1.15. The molecule has 0 aromatic heterocycles. The van der Waals surface area contributed by atoms with Crippen molar-refractivity contribution in [2.45, 2.75) is 51.1 Å². The SMILES string of the molecule is CC(=O)OC1C(I)C(C)C(C)(CI)CC1(C)C. The molecule has 0 aliphatic heterocycles. The van der Waals surface area contributed by atoms with E-state index in [1.165, 1.54) is 6.92 Å². The predicted octanol–water partition coefficient (Wildman–Crippen LogP) is 4.23. The first kappa shape index (κ1) is 16.0. The molecule has 0 N–H and O–H groups in total. The summed E-state index contributed by atoms with van der Waals surface area (Å²) in [5, 5.41) is 0. The van der Waals surface area contributed by atoms with Crippen molar-refractivity contribution in [3.05, 3.63) is 0 Å². The lowest BCUT2D eigenvalue weighted by atomic mass is 9.59. The second-order valence-electron chi connectivity index (χ2n) is 6.22. The van der Waals surface area contributed by atoms with Crippen molar-refractivity contribution in [1.29, 1.82) is 0 Å². The van der Waals surface area contributed by atoms with E-state index in [2.05, 4.69) is 72.9 Å². The maximum atomic E-state index is 11.3. The van der Waals surface area contributed by atoms with Gasteiger partial charge in [0.25, 0.3) is 0 Å². The molecule has 0 spiro atoms. The largest absolute Gasteiger partial charge is 0.461 e. The maximum Gasteiger partial charge on any atom is 0.302 e. The van der Waals surface area contributed by atoms with Crippen molar-refractivity contribution < 1.29 is 9.53 Å². The minimum atomic E-state index is -0.157. The lowest BCUT2D eigenvalue weighted by molar-refractivity contribution is -0.159. The molecule has 0 saturated heterocycles. The van der Waals surface area contributed by atoms with Crippen LogP contribution in [0.3, 0.4) is 0 Å². The molecule has 4 atom stereocenters. The van der Waals surface area contributed by atoms with Crippen molar-refractivity contribution in [3.63, 3.8) is 0 Å². The molecule has 0 bridgehead atoms. The second-order valence-corrected chi connectivity index (χ2v) is 8.42. The van der Waals surface area contributed by atoms with Crippen molar-refractivity contribution >= 4 is 51.2 Å². The Bertz CT molecular complexity index is 304. The van der Waals surface area contributed by atoms with Gasteiger partial charge in [0.1, 0.15) is 6.10 Å². The van der Waals surface area contributed by atoms with Gasteiger partial charge >= 0.3 is 5.97 Å². The molecule has 0 amide bonds. The number of hydrogen-bond donors (Lipinski definition) is 0. The summed E-state index contributed by atoms with van der Waals surface area (Å²) in [4.78, 5) is 11.3. The Morgan fingerprint density at radius 2 is 1.94 bits per heavy atom. The first-order valence-electron chi connectivity index (χ1n) is 6.01. The molecule has 1 aliphatic rings. The zero-order valence-corrected chi connectivity index (χ0v) is 15.5. The molecule has 0 aromatic carbocycles. The molecule has 0 aromatic rings. The molecule has 4 heteroatoms. The van der Waals surface area contributed by atoms with E-state index >= 15 is 0 Å².